The van der Waals surface area contributed by atoms with Crippen LogP contribution in [0.4, 0.5) is 0 Å². The molecule has 2 atom stereocenters. The number of hydrogen-bond donors (Lipinski definition) is 0. The summed E-state index contributed by atoms with van der Waals surface area (Å²) in [6.07, 6.45) is 5.02. The lowest BCUT2D eigenvalue weighted by molar-refractivity contribution is -0.303. The minimum absolute atomic E-state index is 0.164. The summed E-state index contributed by atoms with van der Waals surface area (Å²) in [6, 6.07) is 10.5. The summed E-state index contributed by atoms with van der Waals surface area (Å²) in [7, 11) is 0. The largest absolute Gasteiger partial charge is 0.347 e. The molecule has 0 aromatic heterocycles. The second-order valence-electron chi connectivity index (χ2n) is 5.53. The highest BCUT2D eigenvalue weighted by atomic mass is 16.7. The molecule has 0 aliphatic carbocycles. The number of hydrogen-bond acceptors (Lipinski definition) is 2. The van der Waals surface area contributed by atoms with Crippen LogP contribution in [0.1, 0.15) is 58.1 Å². The van der Waals surface area contributed by atoms with Gasteiger partial charge in [0.15, 0.2) is 5.79 Å². The maximum absolute atomic E-state index is 6.05. The van der Waals surface area contributed by atoms with Gasteiger partial charge in [-0.3, -0.25) is 0 Å². The fourth-order valence-corrected chi connectivity index (χ4v) is 2.59. The first-order valence-corrected chi connectivity index (χ1v) is 7.01. The second-order valence-corrected chi connectivity index (χ2v) is 5.53. The zero-order valence-corrected chi connectivity index (χ0v) is 11.7. The first-order valence-electron chi connectivity index (χ1n) is 7.01. The van der Waals surface area contributed by atoms with Crippen molar-refractivity contribution in [2.24, 2.45) is 0 Å². The molecule has 1 aliphatic heterocycles. The highest BCUT2D eigenvalue weighted by molar-refractivity contribution is 5.18. The molecule has 1 fully saturated rings. The standard InChI is InChI=1S/C16H24O2/c1-4-5-11-14-12-15(18-16(2,3)17-14)13-9-7-6-8-10-13/h6-10,14-15H,4-5,11-12H2,1-3H3/t14-,15+/m1/s1. The van der Waals surface area contributed by atoms with E-state index in [1.165, 1.54) is 18.4 Å². The topological polar surface area (TPSA) is 18.5 Å². The van der Waals surface area contributed by atoms with Crippen molar-refractivity contribution in [2.75, 3.05) is 0 Å². The Kier molecular flexibility index (Phi) is 4.41. The van der Waals surface area contributed by atoms with Gasteiger partial charge in [-0.25, -0.2) is 0 Å². The molecule has 18 heavy (non-hydrogen) atoms. The fraction of sp³-hybridized carbons (Fsp3) is 0.625. The van der Waals surface area contributed by atoms with E-state index in [-0.39, 0.29) is 6.10 Å². The van der Waals surface area contributed by atoms with Crippen LogP contribution in [0.2, 0.25) is 0 Å². The SMILES string of the molecule is CCCC[C@@H]1C[C@@H](c2ccccc2)OC(C)(C)O1. The van der Waals surface area contributed by atoms with Crippen molar-refractivity contribution in [1.82, 2.24) is 0 Å². The third-order valence-electron chi connectivity index (χ3n) is 3.40. The van der Waals surface area contributed by atoms with Gasteiger partial charge in [-0.05, 0) is 25.8 Å². The van der Waals surface area contributed by atoms with Crippen LogP contribution in [0.5, 0.6) is 0 Å². The Morgan fingerprint density at radius 3 is 2.56 bits per heavy atom. The van der Waals surface area contributed by atoms with Crippen molar-refractivity contribution in [2.45, 2.75) is 64.4 Å². The highest BCUT2D eigenvalue weighted by Gasteiger charge is 2.35. The number of rotatable bonds is 4. The van der Waals surface area contributed by atoms with Crippen LogP contribution in [0, 0.1) is 0 Å². The molecule has 0 unspecified atom stereocenters. The van der Waals surface area contributed by atoms with Crippen LogP contribution in [0.3, 0.4) is 0 Å². The number of benzene rings is 1. The first kappa shape index (κ1) is 13.6. The Hall–Kier alpha value is -0.860. The van der Waals surface area contributed by atoms with E-state index >= 15 is 0 Å². The molecule has 2 rings (SSSR count). The molecule has 1 aromatic carbocycles. The van der Waals surface area contributed by atoms with Gasteiger partial charge in [0.25, 0.3) is 0 Å². The van der Waals surface area contributed by atoms with Gasteiger partial charge in [-0.15, -0.1) is 0 Å². The van der Waals surface area contributed by atoms with Gasteiger partial charge in [0.2, 0.25) is 0 Å². The quantitative estimate of drug-likeness (QED) is 0.783. The molecule has 2 heteroatoms. The van der Waals surface area contributed by atoms with E-state index in [1.807, 2.05) is 19.9 Å². The summed E-state index contributed by atoms with van der Waals surface area (Å²) in [5.41, 5.74) is 1.26. The minimum Gasteiger partial charge on any atom is -0.347 e. The van der Waals surface area contributed by atoms with Crippen LogP contribution in [-0.2, 0) is 9.47 Å². The summed E-state index contributed by atoms with van der Waals surface area (Å²) >= 11 is 0. The highest BCUT2D eigenvalue weighted by Crippen LogP contribution is 2.37. The van der Waals surface area contributed by atoms with Gasteiger partial charge in [-0.1, -0.05) is 50.1 Å². The zero-order valence-electron chi connectivity index (χ0n) is 11.7. The van der Waals surface area contributed by atoms with Crippen molar-refractivity contribution >= 4 is 0 Å². The number of ether oxygens (including phenoxy) is 2. The van der Waals surface area contributed by atoms with Crippen LogP contribution in [0.25, 0.3) is 0 Å². The molecule has 100 valence electrons. The van der Waals surface area contributed by atoms with Crippen molar-refractivity contribution in [3.63, 3.8) is 0 Å². The third kappa shape index (κ3) is 3.56. The van der Waals surface area contributed by atoms with Gasteiger partial charge in [0.1, 0.15) is 0 Å². The van der Waals surface area contributed by atoms with Crippen LogP contribution in [-0.4, -0.2) is 11.9 Å². The maximum Gasteiger partial charge on any atom is 0.163 e. The Morgan fingerprint density at radius 1 is 1.17 bits per heavy atom. The molecule has 0 amide bonds. The average molecular weight is 248 g/mol. The smallest absolute Gasteiger partial charge is 0.163 e. The molecule has 0 bridgehead atoms. The Labute approximate surface area is 110 Å². The van der Waals surface area contributed by atoms with Gasteiger partial charge in [0, 0.05) is 6.42 Å². The summed E-state index contributed by atoms with van der Waals surface area (Å²) in [5.74, 6) is -0.475. The minimum atomic E-state index is -0.475. The van der Waals surface area contributed by atoms with E-state index in [4.69, 9.17) is 9.47 Å². The second kappa shape index (κ2) is 5.85. The van der Waals surface area contributed by atoms with Crippen molar-refractivity contribution in [3.8, 4) is 0 Å². The van der Waals surface area contributed by atoms with E-state index in [9.17, 15) is 0 Å². The molecule has 0 N–H and O–H groups in total. The molecule has 2 nitrogen and oxygen atoms in total. The zero-order chi connectivity index (χ0) is 13.0. The lowest BCUT2D eigenvalue weighted by Gasteiger charge is -2.41. The van der Waals surface area contributed by atoms with Crippen LogP contribution >= 0.6 is 0 Å². The monoisotopic (exact) mass is 248 g/mol. The van der Waals surface area contributed by atoms with Crippen molar-refractivity contribution in [1.29, 1.82) is 0 Å². The molecule has 1 aliphatic rings. The Bertz CT molecular complexity index is 359. The van der Waals surface area contributed by atoms with Crippen LogP contribution < -0.4 is 0 Å². The van der Waals surface area contributed by atoms with E-state index in [0.29, 0.717) is 6.10 Å². The number of unbranched alkanes of at least 4 members (excludes halogenated alkanes) is 1. The molecule has 0 saturated carbocycles. The molecule has 0 radical (unpaired) electrons. The summed E-state index contributed by atoms with van der Waals surface area (Å²) in [5, 5.41) is 0. The van der Waals surface area contributed by atoms with Crippen molar-refractivity contribution in [3.05, 3.63) is 35.9 Å². The molecular weight excluding hydrogens is 224 g/mol. The molecular formula is C16H24O2. The normalized spacial score (nSPS) is 27.1. The summed E-state index contributed by atoms with van der Waals surface area (Å²) < 4.78 is 12.1. The van der Waals surface area contributed by atoms with Gasteiger partial charge < -0.3 is 9.47 Å². The van der Waals surface area contributed by atoms with E-state index in [1.54, 1.807) is 0 Å². The summed E-state index contributed by atoms with van der Waals surface area (Å²) in [4.78, 5) is 0. The third-order valence-corrected chi connectivity index (χ3v) is 3.40. The van der Waals surface area contributed by atoms with Gasteiger partial charge >= 0.3 is 0 Å². The summed E-state index contributed by atoms with van der Waals surface area (Å²) in [6.45, 7) is 6.25. The van der Waals surface area contributed by atoms with E-state index in [0.717, 1.165) is 12.8 Å². The van der Waals surface area contributed by atoms with Gasteiger partial charge in [0.05, 0.1) is 12.2 Å². The fourth-order valence-electron chi connectivity index (χ4n) is 2.59. The first-order chi connectivity index (χ1) is 8.61. The molecule has 0 spiro atoms. The van der Waals surface area contributed by atoms with Crippen molar-refractivity contribution < 1.29 is 9.47 Å². The Balaban J connectivity index is 2.07. The lowest BCUT2D eigenvalue weighted by atomic mass is 9.98. The lowest BCUT2D eigenvalue weighted by Crippen LogP contribution is -2.41. The molecule has 1 aromatic rings. The predicted molar refractivity (Wildman–Crippen MR) is 73.4 cm³/mol. The van der Waals surface area contributed by atoms with E-state index in [2.05, 4.69) is 31.2 Å². The Morgan fingerprint density at radius 2 is 1.89 bits per heavy atom. The maximum atomic E-state index is 6.05. The molecule has 1 heterocycles. The average Bonchev–Trinajstić information content (AvgIpc) is 2.35. The predicted octanol–water partition coefficient (Wildman–Crippen LogP) is 4.46. The van der Waals surface area contributed by atoms with Gasteiger partial charge in [-0.2, -0.15) is 0 Å². The van der Waals surface area contributed by atoms with E-state index < -0.39 is 5.79 Å². The van der Waals surface area contributed by atoms with Crippen LogP contribution in [0.15, 0.2) is 30.3 Å². The molecule has 1 saturated heterocycles.